The maximum atomic E-state index is 11.8. The number of hydrogen-bond donors (Lipinski definition) is 2. The second kappa shape index (κ2) is 7.61. The molecule has 1 amide bonds. The van der Waals surface area contributed by atoms with Crippen LogP contribution < -0.4 is 10.9 Å². The van der Waals surface area contributed by atoms with Crippen LogP contribution in [0.5, 0.6) is 0 Å². The molecule has 1 aromatic heterocycles. The van der Waals surface area contributed by atoms with Crippen LogP contribution in [0, 0.1) is 6.92 Å². The molecule has 0 radical (unpaired) electrons. The van der Waals surface area contributed by atoms with Crippen LogP contribution >= 0.6 is 11.8 Å². The smallest absolute Gasteiger partial charge is 0.254 e. The van der Waals surface area contributed by atoms with Gasteiger partial charge in [-0.25, -0.2) is 4.98 Å². The van der Waals surface area contributed by atoms with Gasteiger partial charge in [0.25, 0.3) is 5.56 Å². The van der Waals surface area contributed by atoms with Gasteiger partial charge in [0.2, 0.25) is 5.91 Å². The van der Waals surface area contributed by atoms with Crippen molar-refractivity contribution in [3.05, 3.63) is 21.6 Å². The lowest BCUT2D eigenvalue weighted by molar-refractivity contribution is -0.119. The fraction of sp³-hybridized carbons (Fsp3) is 0.643. The Morgan fingerprint density at radius 1 is 1.57 bits per heavy atom. The van der Waals surface area contributed by atoms with Gasteiger partial charge in [-0.15, -0.1) is 0 Å². The average Bonchev–Trinajstić information content (AvgIpc) is 2.96. The SMILES string of the molecule is CCc1c(C)nc(SCC(=O)NCC2CCCO2)[nH]c1=O. The van der Waals surface area contributed by atoms with Gasteiger partial charge in [0.1, 0.15) is 0 Å². The Kier molecular flexibility index (Phi) is 5.81. The summed E-state index contributed by atoms with van der Waals surface area (Å²) in [6.45, 7) is 5.07. The Labute approximate surface area is 128 Å². The predicted octanol–water partition coefficient (Wildman–Crippen LogP) is 1.03. The molecule has 2 rings (SSSR count). The van der Waals surface area contributed by atoms with E-state index in [1.165, 1.54) is 11.8 Å². The predicted molar refractivity (Wildman–Crippen MR) is 81.7 cm³/mol. The Morgan fingerprint density at radius 2 is 2.38 bits per heavy atom. The van der Waals surface area contributed by atoms with Crippen LogP contribution in [0.3, 0.4) is 0 Å². The molecule has 1 aliphatic rings. The number of carbonyl (C=O) groups excluding carboxylic acids is 1. The number of ether oxygens (including phenoxy) is 1. The number of thioether (sulfide) groups is 1. The quantitative estimate of drug-likeness (QED) is 0.605. The average molecular weight is 311 g/mol. The summed E-state index contributed by atoms with van der Waals surface area (Å²) in [6.07, 6.45) is 2.85. The summed E-state index contributed by atoms with van der Waals surface area (Å²) in [6, 6.07) is 0. The van der Waals surface area contributed by atoms with E-state index >= 15 is 0 Å². The molecule has 2 N–H and O–H groups in total. The lowest BCUT2D eigenvalue weighted by Gasteiger charge is -2.10. The van der Waals surface area contributed by atoms with Gasteiger partial charge in [-0.05, 0) is 26.2 Å². The molecule has 1 aromatic rings. The third-order valence-corrected chi connectivity index (χ3v) is 4.32. The van der Waals surface area contributed by atoms with E-state index in [1.54, 1.807) is 0 Å². The molecule has 0 aromatic carbocycles. The molecule has 116 valence electrons. The van der Waals surface area contributed by atoms with Crippen LogP contribution in [0.2, 0.25) is 0 Å². The first-order valence-electron chi connectivity index (χ1n) is 7.21. The number of aromatic amines is 1. The standard InChI is InChI=1S/C14H21N3O3S/c1-3-11-9(2)16-14(17-13(11)19)21-8-12(18)15-7-10-5-4-6-20-10/h10H,3-8H2,1-2H3,(H,15,18)(H,16,17,19). The van der Waals surface area contributed by atoms with Crippen molar-refractivity contribution in [3.63, 3.8) is 0 Å². The number of aryl methyl sites for hydroxylation is 1. The third-order valence-electron chi connectivity index (χ3n) is 3.44. The van der Waals surface area contributed by atoms with Crippen LogP contribution in [-0.2, 0) is 16.0 Å². The summed E-state index contributed by atoms with van der Waals surface area (Å²) in [5.74, 6) is 0.163. The maximum Gasteiger partial charge on any atom is 0.254 e. The Bertz CT molecular complexity index is 553. The van der Waals surface area contributed by atoms with Crippen molar-refractivity contribution in [1.82, 2.24) is 15.3 Å². The van der Waals surface area contributed by atoms with Crippen molar-refractivity contribution in [2.45, 2.75) is 44.4 Å². The van der Waals surface area contributed by atoms with Crippen molar-refractivity contribution in [2.75, 3.05) is 18.9 Å². The molecule has 0 bridgehead atoms. The van der Waals surface area contributed by atoms with E-state index in [0.29, 0.717) is 23.7 Å². The van der Waals surface area contributed by atoms with Gasteiger partial charge in [-0.1, -0.05) is 18.7 Å². The molecule has 0 spiro atoms. The third kappa shape index (κ3) is 4.57. The molecule has 1 saturated heterocycles. The Balaban J connectivity index is 1.82. The highest BCUT2D eigenvalue weighted by molar-refractivity contribution is 7.99. The summed E-state index contributed by atoms with van der Waals surface area (Å²) in [5.41, 5.74) is 1.30. The Hall–Kier alpha value is -1.34. The summed E-state index contributed by atoms with van der Waals surface area (Å²) in [7, 11) is 0. The van der Waals surface area contributed by atoms with Crippen LogP contribution in [-0.4, -0.2) is 40.9 Å². The van der Waals surface area contributed by atoms with E-state index in [4.69, 9.17) is 4.74 Å². The number of aromatic nitrogens is 2. The number of rotatable bonds is 6. The van der Waals surface area contributed by atoms with Gasteiger partial charge >= 0.3 is 0 Å². The first-order chi connectivity index (χ1) is 10.1. The topological polar surface area (TPSA) is 84.1 Å². The molecule has 1 atom stereocenters. The van der Waals surface area contributed by atoms with Gasteiger partial charge in [-0.3, -0.25) is 9.59 Å². The highest BCUT2D eigenvalue weighted by Crippen LogP contribution is 2.13. The van der Waals surface area contributed by atoms with E-state index in [-0.39, 0.29) is 23.3 Å². The number of H-pyrrole nitrogens is 1. The molecule has 0 saturated carbocycles. The molecular formula is C14H21N3O3S. The first kappa shape index (κ1) is 16.0. The van der Waals surface area contributed by atoms with E-state index in [2.05, 4.69) is 15.3 Å². The van der Waals surface area contributed by atoms with Gasteiger partial charge in [0, 0.05) is 24.4 Å². The zero-order valence-corrected chi connectivity index (χ0v) is 13.2. The number of amides is 1. The van der Waals surface area contributed by atoms with Gasteiger partial charge in [-0.2, -0.15) is 0 Å². The summed E-state index contributed by atoms with van der Waals surface area (Å²) in [5, 5.41) is 3.33. The summed E-state index contributed by atoms with van der Waals surface area (Å²) in [4.78, 5) is 30.6. The zero-order valence-electron chi connectivity index (χ0n) is 12.4. The van der Waals surface area contributed by atoms with Crippen LogP contribution in [0.4, 0.5) is 0 Å². The van der Waals surface area contributed by atoms with Crippen LogP contribution in [0.25, 0.3) is 0 Å². The fourth-order valence-corrected chi connectivity index (χ4v) is 3.02. The highest BCUT2D eigenvalue weighted by Gasteiger charge is 2.16. The largest absolute Gasteiger partial charge is 0.376 e. The zero-order chi connectivity index (χ0) is 15.2. The lowest BCUT2D eigenvalue weighted by atomic mass is 10.2. The number of carbonyl (C=O) groups is 1. The van der Waals surface area contributed by atoms with Gasteiger partial charge < -0.3 is 15.0 Å². The second-order valence-electron chi connectivity index (χ2n) is 5.02. The first-order valence-corrected chi connectivity index (χ1v) is 8.19. The van der Waals surface area contributed by atoms with E-state index in [9.17, 15) is 9.59 Å². The van der Waals surface area contributed by atoms with Crippen molar-refractivity contribution >= 4 is 17.7 Å². The molecule has 2 heterocycles. The molecule has 1 fully saturated rings. The number of nitrogens with one attached hydrogen (secondary N) is 2. The second-order valence-corrected chi connectivity index (χ2v) is 5.98. The molecule has 1 aliphatic heterocycles. The molecule has 21 heavy (non-hydrogen) atoms. The van der Waals surface area contributed by atoms with Crippen LogP contribution in [0.15, 0.2) is 9.95 Å². The maximum absolute atomic E-state index is 11.8. The summed E-state index contributed by atoms with van der Waals surface area (Å²) >= 11 is 1.24. The van der Waals surface area contributed by atoms with Gasteiger partial charge in [0.05, 0.1) is 11.9 Å². The molecule has 7 heteroatoms. The molecule has 0 aliphatic carbocycles. The van der Waals surface area contributed by atoms with E-state index in [1.807, 2.05) is 13.8 Å². The van der Waals surface area contributed by atoms with Crippen molar-refractivity contribution in [1.29, 1.82) is 0 Å². The normalized spacial score (nSPS) is 17.9. The lowest BCUT2D eigenvalue weighted by Crippen LogP contribution is -2.33. The highest BCUT2D eigenvalue weighted by atomic mass is 32.2. The summed E-state index contributed by atoms with van der Waals surface area (Å²) < 4.78 is 5.44. The van der Waals surface area contributed by atoms with Crippen molar-refractivity contribution in [3.8, 4) is 0 Å². The van der Waals surface area contributed by atoms with Crippen LogP contribution in [0.1, 0.15) is 31.0 Å². The molecule has 6 nitrogen and oxygen atoms in total. The number of hydrogen-bond acceptors (Lipinski definition) is 5. The molecule has 1 unspecified atom stereocenters. The number of nitrogens with zero attached hydrogens (tertiary/aromatic N) is 1. The minimum absolute atomic E-state index is 0.0737. The monoisotopic (exact) mass is 311 g/mol. The van der Waals surface area contributed by atoms with Crippen molar-refractivity contribution in [2.24, 2.45) is 0 Å². The van der Waals surface area contributed by atoms with E-state index < -0.39 is 0 Å². The fourth-order valence-electron chi connectivity index (χ4n) is 2.29. The minimum Gasteiger partial charge on any atom is -0.376 e. The minimum atomic E-state index is -0.118. The Morgan fingerprint density at radius 3 is 3.00 bits per heavy atom. The van der Waals surface area contributed by atoms with Gasteiger partial charge in [0.15, 0.2) is 5.16 Å². The van der Waals surface area contributed by atoms with Crippen molar-refractivity contribution < 1.29 is 9.53 Å². The molecular weight excluding hydrogens is 290 g/mol. The van der Waals surface area contributed by atoms with E-state index in [0.717, 1.165) is 25.1 Å².